The molecule has 2 atom stereocenters. The third-order valence-corrected chi connectivity index (χ3v) is 6.41. The Morgan fingerprint density at radius 3 is 2.61 bits per heavy atom. The SMILES string of the molecule is COc1ccc(C)cc1NC(=O)[C@@H]1c2ccccc2C(=O)N(C)[C@@H]1c1c[nH]c2ccccc12. The fourth-order valence-corrected chi connectivity index (χ4v) is 4.81. The zero-order valence-electron chi connectivity index (χ0n) is 18.8. The Labute approximate surface area is 192 Å². The zero-order chi connectivity index (χ0) is 23.1. The first-order chi connectivity index (χ1) is 16.0. The van der Waals surface area contributed by atoms with Crippen LogP contribution in [0.25, 0.3) is 10.9 Å². The summed E-state index contributed by atoms with van der Waals surface area (Å²) in [4.78, 5) is 32.1. The minimum atomic E-state index is -0.603. The van der Waals surface area contributed by atoms with Gasteiger partial charge in [0.1, 0.15) is 5.75 Å². The number of methoxy groups -OCH3 is 1. The number of carbonyl (C=O) groups is 2. The molecule has 0 fully saturated rings. The molecule has 1 aliphatic rings. The Balaban J connectivity index is 1.66. The van der Waals surface area contributed by atoms with E-state index >= 15 is 0 Å². The summed E-state index contributed by atoms with van der Waals surface area (Å²) in [6.45, 7) is 1.96. The first kappa shape index (κ1) is 20.8. The van der Waals surface area contributed by atoms with Gasteiger partial charge in [0, 0.05) is 35.3 Å². The largest absolute Gasteiger partial charge is 0.495 e. The molecule has 0 radical (unpaired) electrons. The molecule has 2 amide bonds. The van der Waals surface area contributed by atoms with E-state index in [2.05, 4.69) is 10.3 Å². The molecule has 0 unspecified atom stereocenters. The van der Waals surface area contributed by atoms with Crippen molar-refractivity contribution in [3.05, 3.63) is 95.2 Å². The number of hydrogen-bond acceptors (Lipinski definition) is 3. The summed E-state index contributed by atoms with van der Waals surface area (Å²) >= 11 is 0. The van der Waals surface area contributed by atoms with Gasteiger partial charge < -0.3 is 19.9 Å². The average molecular weight is 440 g/mol. The molecule has 2 N–H and O–H groups in total. The van der Waals surface area contributed by atoms with E-state index in [9.17, 15) is 9.59 Å². The fourth-order valence-electron chi connectivity index (χ4n) is 4.81. The highest BCUT2D eigenvalue weighted by molar-refractivity contribution is 6.05. The maximum atomic E-state index is 13.9. The second-order valence-corrected chi connectivity index (χ2v) is 8.41. The number of benzene rings is 3. The van der Waals surface area contributed by atoms with E-state index in [1.54, 1.807) is 25.1 Å². The molecule has 3 aromatic carbocycles. The third-order valence-electron chi connectivity index (χ3n) is 6.41. The highest BCUT2D eigenvalue weighted by atomic mass is 16.5. The minimum absolute atomic E-state index is 0.0990. The molecule has 6 nitrogen and oxygen atoms in total. The molecular weight excluding hydrogens is 414 g/mol. The lowest BCUT2D eigenvalue weighted by molar-refractivity contribution is -0.119. The van der Waals surface area contributed by atoms with Crippen LogP contribution in [-0.4, -0.2) is 35.9 Å². The molecule has 1 aromatic heterocycles. The summed E-state index contributed by atoms with van der Waals surface area (Å²) in [7, 11) is 3.34. The summed E-state index contributed by atoms with van der Waals surface area (Å²) in [6, 6.07) is 20.5. The zero-order valence-corrected chi connectivity index (χ0v) is 18.8. The van der Waals surface area contributed by atoms with Crippen LogP contribution in [0.1, 0.15) is 39.0 Å². The quantitative estimate of drug-likeness (QED) is 0.468. The molecule has 6 heteroatoms. The molecule has 0 saturated carbocycles. The van der Waals surface area contributed by atoms with Gasteiger partial charge in [0.05, 0.1) is 24.8 Å². The number of amides is 2. The molecule has 33 heavy (non-hydrogen) atoms. The van der Waals surface area contributed by atoms with Crippen LogP contribution in [-0.2, 0) is 4.79 Å². The number of aryl methyl sites for hydroxylation is 1. The van der Waals surface area contributed by atoms with Gasteiger partial charge >= 0.3 is 0 Å². The number of anilines is 1. The number of aromatic amines is 1. The van der Waals surface area contributed by atoms with Crippen molar-refractivity contribution in [3.63, 3.8) is 0 Å². The van der Waals surface area contributed by atoms with Crippen LogP contribution in [0.4, 0.5) is 5.69 Å². The summed E-state index contributed by atoms with van der Waals surface area (Å²) in [5, 5.41) is 4.07. The lowest BCUT2D eigenvalue weighted by atomic mass is 9.79. The van der Waals surface area contributed by atoms with Crippen LogP contribution in [0.15, 0.2) is 72.9 Å². The number of rotatable bonds is 4. The number of hydrogen-bond donors (Lipinski definition) is 2. The van der Waals surface area contributed by atoms with Crippen molar-refractivity contribution in [2.75, 3.05) is 19.5 Å². The van der Waals surface area contributed by atoms with Gasteiger partial charge in [-0.05, 0) is 42.3 Å². The molecule has 5 rings (SSSR count). The van der Waals surface area contributed by atoms with Crippen LogP contribution in [0.2, 0.25) is 0 Å². The van der Waals surface area contributed by atoms with Crippen molar-refractivity contribution in [2.24, 2.45) is 0 Å². The molecule has 2 heterocycles. The van der Waals surface area contributed by atoms with Gasteiger partial charge in [0.15, 0.2) is 0 Å². The standard InChI is InChI=1S/C27H25N3O3/c1-16-12-13-23(33-3)22(14-16)29-26(31)24-18-9-4-5-10-19(18)27(32)30(2)25(24)20-15-28-21-11-7-6-8-17(20)21/h4-15,24-25,28H,1-3H3,(H,29,31)/t24-,25-/m1/s1. The van der Waals surface area contributed by atoms with E-state index in [4.69, 9.17) is 4.74 Å². The van der Waals surface area contributed by atoms with Gasteiger partial charge in [0.2, 0.25) is 5.91 Å². The number of nitrogens with zero attached hydrogens (tertiary/aromatic N) is 1. The maximum absolute atomic E-state index is 13.9. The molecular formula is C27H25N3O3. The van der Waals surface area contributed by atoms with E-state index in [1.807, 2.05) is 73.8 Å². The predicted molar refractivity (Wildman–Crippen MR) is 129 cm³/mol. The Morgan fingerprint density at radius 1 is 1.03 bits per heavy atom. The van der Waals surface area contributed by atoms with Crippen LogP contribution in [0, 0.1) is 6.92 Å². The second kappa shape index (κ2) is 8.13. The van der Waals surface area contributed by atoms with Crippen molar-refractivity contribution in [2.45, 2.75) is 18.9 Å². The smallest absolute Gasteiger partial charge is 0.254 e. The van der Waals surface area contributed by atoms with Crippen LogP contribution >= 0.6 is 0 Å². The van der Waals surface area contributed by atoms with Crippen LogP contribution in [0.5, 0.6) is 5.75 Å². The van der Waals surface area contributed by atoms with Gasteiger partial charge in [-0.1, -0.05) is 42.5 Å². The number of carbonyl (C=O) groups excluding carboxylic acids is 2. The van der Waals surface area contributed by atoms with Crippen molar-refractivity contribution in [3.8, 4) is 5.75 Å². The summed E-state index contributed by atoms with van der Waals surface area (Å²) in [6.07, 6.45) is 1.90. The Kier molecular flexibility index (Phi) is 5.13. The van der Waals surface area contributed by atoms with E-state index < -0.39 is 12.0 Å². The van der Waals surface area contributed by atoms with Crippen molar-refractivity contribution in [1.29, 1.82) is 0 Å². The number of ether oxygens (including phenoxy) is 1. The molecule has 1 aliphatic heterocycles. The van der Waals surface area contributed by atoms with Crippen molar-refractivity contribution >= 4 is 28.4 Å². The Bertz CT molecular complexity index is 1370. The predicted octanol–water partition coefficient (Wildman–Crippen LogP) is 5.03. The highest BCUT2D eigenvalue weighted by Crippen LogP contribution is 2.44. The number of para-hydroxylation sites is 1. The second-order valence-electron chi connectivity index (χ2n) is 8.41. The molecule has 0 aliphatic carbocycles. The first-order valence-corrected chi connectivity index (χ1v) is 10.9. The van der Waals surface area contributed by atoms with Gasteiger partial charge in [-0.3, -0.25) is 9.59 Å². The molecule has 4 aromatic rings. The molecule has 0 saturated heterocycles. The van der Waals surface area contributed by atoms with E-state index in [-0.39, 0.29) is 11.8 Å². The van der Waals surface area contributed by atoms with Crippen LogP contribution < -0.4 is 10.1 Å². The summed E-state index contributed by atoms with van der Waals surface area (Å²) in [5.74, 6) is -0.307. The molecule has 166 valence electrons. The third kappa shape index (κ3) is 3.44. The lowest BCUT2D eigenvalue weighted by Crippen LogP contribution is -2.44. The summed E-state index contributed by atoms with van der Waals surface area (Å²) < 4.78 is 5.47. The normalized spacial score (nSPS) is 17.7. The van der Waals surface area contributed by atoms with Gasteiger partial charge in [-0.15, -0.1) is 0 Å². The first-order valence-electron chi connectivity index (χ1n) is 10.9. The number of fused-ring (bicyclic) bond motifs is 2. The Hall–Kier alpha value is -4.06. The number of aromatic nitrogens is 1. The number of nitrogens with one attached hydrogen (secondary N) is 2. The number of likely N-dealkylation sites (N-methyl/N-ethyl adjacent to an activating group) is 1. The fraction of sp³-hybridized carbons (Fsp3) is 0.185. The van der Waals surface area contributed by atoms with E-state index in [0.717, 1.165) is 27.6 Å². The van der Waals surface area contributed by atoms with E-state index in [1.165, 1.54) is 0 Å². The maximum Gasteiger partial charge on any atom is 0.254 e. The molecule has 0 bridgehead atoms. The monoisotopic (exact) mass is 439 g/mol. The van der Waals surface area contributed by atoms with Crippen LogP contribution in [0.3, 0.4) is 0 Å². The van der Waals surface area contributed by atoms with Gasteiger partial charge in [0.25, 0.3) is 5.91 Å². The average Bonchev–Trinajstić information content (AvgIpc) is 3.25. The van der Waals surface area contributed by atoms with Gasteiger partial charge in [-0.2, -0.15) is 0 Å². The number of H-pyrrole nitrogens is 1. The summed E-state index contributed by atoms with van der Waals surface area (Å²) in [5.41, 5.74) is 4.76. The van der Waals surface area contributed by atoms with Crippen molar-refractivity contribution < 1.29 is 14.3 Å². The Morgan fingerprint density at radius 2 is 1.79 bits per heavy atom. The minimum Gasteiger partial charge on any atom is -0.495 e. The topological polar surface area (TPSA) is 74.4 Å². The lowest BCUT2D eigenvalue weighted by Gasteiger charge is -2.39. The van der Waals surface area contributed by atoms with E-state index in [0.29, 0.717) is 17.0 Å². The van der Waals surface area contributed by atoms with Crippen molar-refractivity contribution in [1.82, 2.24) is 9.88 Å². The van der Waals surface area contributed by atoms with Gasteiger partial charge in [-0.25, -0.2) is 0 Å². The molecule has 0 spiro atoms. The highest BCUT2D eigenvalue weighted by Gasteiger charge is 2.43.